The number of rotatable bonds is 6. The average molecular weight is 300 g/mol. The van der Waals surface area contributed by atoms with Crippen LogP contribution in [0.4, 0.5) is 0 Å². The van der Waals surface area contributed by atoms with Crippen LogP contribution in [0.1, 0.15) is 19.4 Å². The average Bonchev–Trinajstić information content (AvgIpc) is 2.38. The summed E-state index contributed by atoms with van der Waals surface area (Å²) in [6, 6.07) is 5.12. The van der Waals surface area contributed by atoms with E-state index < -0.39 is 10.0 Å². The Morgan fingerprint density at radius 1 is 1.35 bits per heavy atom. The van der Waals surface area contributed by atoms with Gasteiger partial charge >= 0.3 is 0 Å². The number of sulfonamides is 1. The van der Waals surface area contributed by atoms with Crippen LogP contribution in [0.5, 0.6) is 5.75 Å². The van der Waals surface area contributed by atoms with Crippen LogP contribution in [0.3, 0.4) is 0 Å². The van der Waals surface area contributed by atoms with Crippen LogP contribution in [0, 0.1) is 12.3 Å². The number of methoxy groups -OCH3 is 1. The Bertz CT molecular complexity index is 568. The molecule has 0 saturated carbocycles. The van der Waals surface area contributed by atoms with Crippen LogP contribution in [-0.2, 0) is 10.0 Å². The normalized spacial score (nSPS) is 12.8. The van der Waals surface area contributed by atoms with Crippen LogP contribution in [0.15, 0.2) is 23.1 Å². The van der Waals surface area contributed by atoms with Crippen molar-refractivity contribution in [3.05, 3.63) is 23.8 Å². The van der Waals surface area contributed by atoms with Crippen molar-refractivity contribution in [3.63, 3.8) is 0 Å². The molecule has 20 heavy (non-hydrogen) atoms. The van der Waals surface area contributed by atoms with Crippen LogP contribution >= 0.6 is 0 Å². The van der Waals surface area contributed by atoms with Gasteiger partial charge in [0.1, 0.15) is 10.6 Å². The van der Waals surface area contributed by atoms with Crippen molar-refractivity contribution in [1.82, 2.24) is 4.31 Å². The summed E-state index contributed by atoms with van der Waals surface area (Å²) in [5.74, 6) is 0.355. The lowest BCUT2D eigenvalue weighted by Gasteiger charge is -2.28. The van der Waals surface area contributed by atoms with E-state index in [0.29, 0.717) is 18.8 Å². The molecule has 0 spiro atoms. The Morgan fingerprint density at radius 3 is 2.45 bits per heavy atom. The van der Waals surface area contributed by atoms with E-state index in [0.717, 1.165) is 5.56 Å². The highest BCUT2D eigenvalue weighted by atomic mass is 32.2. The van der Waals surface area contributed by atoms with Crippen molar-refractivity contribution in [2.45, 2.75) is 25.7 Å². The quantitative estimate of drug-likeness (QED) is 0.866. The molecular formula is C14H24N2O3S. The Labute approximate surface area is 121 Å². The summed E-state index contributed by atoms with van der Waals surface area (Å²) in [5.41, 5.74) is 6.26. The van der Waals surface area contributed by atoms with Gasteiger partial charge in [-0.25, -0.2) is 12.7 Å². The lowest BCUT2D eigenvalue weighted by molar-refractivity contribution is 0.291. The van der Waals surface area contributed by atoms with Gasteiger partial charge in [0.25, 0.3) is 0 Å². The van der Waals surface area contributed by atoms with Crippen LogP contribution in [-0.4, -0.2) is 40.0 Å². The minimum absolute atomic E-state index is 0.190. The molecule has 0 aliphatic rings. The van der Waals surface area contributed by atoms with Gasteiger partial charge in [-0.05, 0) is 36.6 Å². The lowest BCUT2D eigenvalue weighted by atomic mass is 9.94. The number of hydrogen-bond acceptors (Lipinski definition) is 4. The molecule has 0 aliphatic carbocycles. The Kier molecular flexibility index (Phi) is 5.18. The summed E-state index contributed by atoms with van der Waals surface area (Å²) in [5, 5.41) is 0. The SMILES string of the molecule is COc1ccc(C)cc1S(=O)(=O)N(C)CC(C)(C)CN. The predicted octanol–water partition coefficient (Wildman–Crippen LogP) is 1.61. The molecule has 0 aliphatic heterocycles. The number of nitrogens with zero attached hydrogens (tertiary/aromatic N) is 1. The third-order valence-electron chi connectivity index (χ3n) is 3.21. The fourth-order valence-electron chi connectivity index (χ4n) is 1.91. The molecule has 0 fully saturated rings. The molecule has 2 N–H and O–H groups in total. The topological polar surface area (TPSA) is 72.6 Å². The monoisotopic (exact) mass is 300 g/mol. The standard InChI is InChI=1S/C14H24N2O3S/c1-11-6-7-12(19-5)13(8-11)20(17,18)16(4)10-14(2,3)9-15/h6-8H,9-10,15H2,1-5H3. The van der Waals surface area contributed by atoms with Crippen molar-refractivity contribution >= 4 is 10.0 Å². The van der Waals surface area contributed by atoms with E-state index in [1.54, 1.807) is 19.2 Å². The van der Waals surface area contributed by atoms with Gasteiger partial charge in [-0.15, -0.1) is 0 Å². The lowest BCUT2D eigenvalue weighted by Crippen LogP contribution is -2.39. The summed E-state index contributed by atoms with van der Waals surface area (Å²) in [6.45, 7) is 6.49. The molecule has 1 aromatic rings. The number of aryl methyl sites for hydroxylation is 1. The maximum atomic E-state index is 12.7. The first kappa shape index (κ1) is 16.9. The third kappa shape index (κ3) is 3.71. The summed E-state index contributed by atoms with van der Waals surface area (Å²) in [4.78, 5) is 0.190. The van der Waals surface area contributed by atoms with Crippen LogP contribution in [0.2, 0.25) is 0 Å². The van der Waals surface area contributed by atoms with Crippen molar-refractivity contribution in [2.24, 2.45) is 11.1 Å². The number of ether oxygens (including phenoxy) is 1. The first-order chi connectivity index (χ1) is 9.14. The van der Waals surface area contributed by atoms with Gasteiger partial charge in [-0.1, -0.05) is 19.9 Å². The third-order valence-corrected chi connectivity index (χ3v) is 5.04. The number of hydrogen-bond donors (Lipinski definition) is 1. The molecule has 5 nitrogen and oxygen atoms in total. The smallest absolute Gasteiger partial charge is 0.246 e. The molecule has 1 aromatic carbocycles. The molecule has 0 aromatic heterocycles. The van der Waals surface area contributed by atoms with E-state index >= 15 is 0 Å². The highest BCUT2D eigenvalue weighted by Crippen LogP contribution is 2.28. The molecule has 114 valence electrons. The van der Waals surface area contributed by atoms with Crippen molar-refractivity contribution in [1.29, 1.82) is 0 Å². The number of nitrogens with two attached hydrogens (primary N) is 1. The molecule has 0 saturated heterocycles. The van der Waals surface area contributed by atoms with E-state index in [2.05, 4.69) is 0 Å². The van der Waals surface area contributed by atoms with E-state index in [9.17, 15) is 8.42 Å². The van der Waals surface area contributed by atoms with E-state index in [1.165, 1.54) is 11.4 Å². The molecule has 0 atom stereocenters. The Morgan fingerprint density at radius 2 is 1.95 bits per heavy atom. The Balaban J connectivity index is 3.20. The van der Waals surface area contributed by atoms with Crippen molar-refractivity contribution in [2.75, 3.05) is 27.2 Å². The minimum Gasteiger partial charge on any atom is -0.495 e. The summed E-state index contributed by atoms with van der Waals surface area (Å²) in [7, 11) is -0.565. The van der Waals surface area contributed by atoms with E-state index in [1.807, 2.05) is 26.8 Å². The van der Waals surface area contributed by atoms with Gasteiger partial charge in [0.15, 0.2) is 0 Å². The number of benzene rings is 1. The second-order valence-electron chi connectivity index (χ2n) is 5.78. The van der Waals surface area contributed by atoms with Gasteiger partial charge in [0, 0.05) is 13.6 Å². The summed E-state index contributed by atoms with van der Waals surface area (Å²) < 4.78 is 31.8. The molecule has 0 radical (unpaired) electrons. The second kappa shape index (κ2) is 6.11. The van der Waals surface area contributed by atoms with Crippen molar-refractivity contribution in [3.8, 4) is 5.75 Å². The fourth-order valence-corrected chi connectivity index (χ4v) is 3.50. The molecule has 0 bridgehead atoms. The van der Waals surface area contributed by atoms with Crippen LogP contribution < -0.4 is 10.5 Å². The molecule has 0 amide bonds. The fraction of sp³-hybridized carbons (Fsp3) is 0.571. The molecular weight excluding hydrogens is 276 g/mol. The Hall–Kier alpha value is -1.11. The van der Waals surface area contributed by atoms with Gasteiger partial charge in [-0.2, -0.15) is 0 Å². The van der Waals surface area contributed by atoms with Gasteiger partial charge in [0.05, 0.1) is 7.11 Å². The van der Waals surface area contributed by atoms with Gasteiger partial charge in [-0.3, -0.25) is 0 Å². The van der Waals surface area contributed by atoms with Crippen molar-refractivity contribution < 1.29 is 13.2 Å². The first-order valence-electron chi connectivity index (χ1n) is 6.45. The maximum absolute atomic E-state index is 12.7. The van der Waals surface area contributed by atoms with Gasteiger partial charge < -0.3 is 10.5 Å². The predicted molar refractivity (Wildman–Crippen MR) is 80.4 cm³/mol. The molecule has 6 heteroatoms. The summed E-state index contributed by atoms with van der Waals surface area (Å²) >= 11 is 0. The van der Waals surface area contributed by atoms with E-state index in [4.69, 9.17) is 10.5 Å². The first-order valence-corrected chi connectivity index (χ1v) is 7.89. The molecule has 0 unspecified atom stereocenters. The zero-order valence-corrected chi connectivity index (χ0v) is 13.6. The zero-order chi connectivity index (χ0) is 15.6. The molecule has 1 rings (SSSR count). The van der Waals surface area contributed by atoms with Crippen LogP contribution in [0.25, 0.3) is 0 Å². The zero-order valence-electron chi connectivity index (χ0n) is 12.8. The maximum Gasteiger partial charge on any atom is 0.246 e. The van der Waals surface area contributed by atoms with E-state index in [-0.39, 0.29) is 10.3 Å². The largest absolute Gasteiger partial charge is 0.495 e. The highest BCUT2D eigenvalue weighted by molar-refractivity contribution is 7.89. The minimum atomic E-state index is -3.59. The summed E-state index contributed by atoms with van der Waals surface area (Å²) in [6.07, 6.45) is 0. The molecule has 0 heterocycles. The highest BCUT2D eigenvalue weighted by Gasteiger charge is 2.29. The second-order valence-corrected chi connectivity index (χ2v) is 7.80. The van der Waals surface area contributed by atoms with Gasteiger partial charge in [0.2, 0.25) is 10.0 Å².